The molecule has 0 amide bonds. The summed E-state index contributed by atoms with van der Waals surface area (Å²) in [4.78, 5) is 13.8. The number of hydrogen-bond donors (Lipinski definition) is 1. The lowest BCUT2D eigenvalue weighted by atomic mass is 10.1. The number of nitrogens with one attached hydrogen (secondary N) is 1. The van der Waals surface area contributed by atoms with E-state index in [9.17, 15) is 13.2 Å². The molecule has 2 rings (SSSR count). The number of rotatable bonds is 3. The molecule has 0 spiro atoms. The minimum atomic E-state index is -3.54. The first kappa shape index (κ1) is 12.0. The number of H-pyrrole nitrogens is 1. The molecule has 1 N–H and O–H groups in total. The van der Waals surface area contributed by atoms with E-state index in [1.54, 1.807) is 0 Å². The van der Waals surface area contributed by atoms with E-state index in [1.165, 1.54) is 22.6 Å². The highest BCUT2D eigenvalue weighted by Gasteiger charge is 2.30. The summed E-state index contributed by atoms with van der Waals surface area (Å²) in [5, 5.41) is 6.12. The number of aromatic amines is 1. The zero-order chi connectivity index (χ0) is 12.3. The molecular formula is C9H12N4O3S. The predicted octanol–water partition coefficient (Wildman–Crippen LogP) is -0.101. The second-order valence-corrected chi connectivity index (χ2v) is 5.71. The number of sulfonamides is 1. The van der Waals surface area contributed by atoms with E-state index in [2.05, 4.69) is 15.2 Å². The third-order valence-corrected chi connectivity index (χ3v) is 4.48. The van der Waals surface area contributed by atoms with Crippen molar-refractivity contribution < 1.29 is 13.2 Å². The van der Waals surface area contributed by atoms with Crippen LogP contribution < -0.4 is 0 Å². The maximum Gasteiger partial charge on any atom is 0.260 e. The Bertz CT molecular complexity index is 518. The SMILES string of the molecule is O=C=NC1CCCN(S(=O)(=O)c2ccn[nH]2)C1. The van der Waals surface area contributed by atoms with Crippen molar-refractivity contribution in [3.63, 3.8) is 0 Å². The number of aliphatic imine (C=N–C) groups is 1. The highest BCUT2D eigenvalue weighted by Crippen LogP contribution is 2.20. The summed E-state index contributed by atoms with van der Waals surface area (Å²) < 4.78 is 25.5. The second-order valence-electron chi connectivity index (χ2n) is 3.80. The Hall–Kier alpha value is -1.50. The van der Waals surface area contributed by atoms with Crippen LogP contribution in [0.1, 0.15) is 12.8 Å². The van der Waals surface area contributed by atoms with Gasteiger partial charge in [0.2, 0.25) is 6.08 Å². The van der Waals surface area contributed by atoms with Crippen molar-refractivity contribution in [1.82, 2.24) is 14.5 Å². The Balaban J connectivity index is 2.20. The third kappa shape index (κ3) is 2.44. The zero-order valence-corrected chi connectivity index (χ0v) is 9.85. The van der Waals surface area contributed by atoms with Crippen LogP contribution in [0.25, 0.3) is 0 Å². The second kappa shape index (κ2) is 4.79. The number of aromatic nitrogens is 2. The minimum Gasteiger partial charge on any atom is -0.266 e. The number of isocyanates is 1. The van der Waals surface area contributed by atoms with Crippen molar-refractivity contribution in [2.75, 3.05) is 13.1 Å². The first-order chi connectivity index (χ1) is 8.14. The summed E-state index contributed by atoms with van der Waals surface area (Å²) >= 11 is 0. The van der Waals surface area contributed by atoms with E-state index < -0.39 is 10.0 Å². The molecule has 1 aliphatic heterocycles. The van der Waals surface area contributed by atoms with Crippen molar-refractivity contribution in [1.29, 1.82) is 0 Å². The molecule has 1 unspecified atom stereocenters. The Labute approximate surface area is 98.6 Å². The summed E-state index contributed by atoms with van der Waals surface area (Å²) in [6.45, 7) is 0.656. The van der Waals surface area contributed by atoms with Crippen molar-refractivity contribution in [2.24, 2.45) is 4.99 Å². The number of nitrogens with zero attached hydrogens (tertiary/aromatic N) is 3. The van der Waals surface area contributed by atoms with Crippen molar-refractivity contribution in [3.8, 4) is 0 Å². The highest BCUT2D eigenvalue weighted by molar-refractivity contribution is 7.89. The molecule has 1 saturated heterocycles. The van der Waals surface area contributed by atoms with Crippen LogP contribution in [0.15, 0.2) is 22.3 Å². The molecule has 1 fully saturated rings. The number of carbonyl (C=O) groups excluding carboxylic acids is 1. The van der Waals surface area contributed by atoms with Gasteiger partial charge in [-0.15, -0.1) is 0 Å². The monoisotopic (exact) mass is 256 g/mol. The summed E-state index contributed by atoms with van der Waals surface area (Å²) in [5.41, 5.74) is 0. The Morgan fingerprint density at radius 3 is 3.06 bits per heavy atom. The van der Waals surface area contributed by atoms with E-state index >= 15 is 0 Å². The third-order valence-electron chi connectivity index (χ3n) is 2.69. The molecule has 0 bridgehead atoms. The molecule has 0 aliphatic carbocycles. The lowest BCUT2D eigenvalue weighted by Crippen LogP contribution is -2.41. The quantitative estimate of drug-likeness (QED) is 0.603. The van der Waals surface area contributed by atoms with Gasteiger partial charge in [-0.3, -0.25) is 5.10 Å². The molecule has 1 aromatic rings. The van der Waals surface area contributed by atoms with Crippen LogP contribution in [0.5, 0.6) is 0 Å². The molecule has 0 radical (unpaired) electrons. The van der Waals surface area contributed by atoms with Crippen LogP contribution in [0.4, 0.5) is 0 Å². The standard InChI is InChI=1S/C9H12N4O3S/c14-7-10-8-2-1-5-13(6-8)17(15,16)9-3-4-11-12-9/h3-4,8H,1-2,5-6H2,(H,11,12). The van der Waals surface area contributed by atoms with Crippen LogP contribution in [0.2, 0.25) is 0 Å². The average Bonchev–Trinajstić information content (AvgIpc) is 2.84. The normalized spacial score (nSPS) is 22.0. The minimum absolute atomic E-state index is 0.0632. The fourth-order valence-corrected chi connectivity index (χ4v) is 3.26. The van der Waals surface area contributed by atoms with Gasteiger partial charge in [0.05, 0.1) is 12.2 Å². The highest BCUT2D eigenvalue weighted by atomic mass is 32.2. The predicted molar refractivity (Wildman–Crippen MR) is 58.5 cm³/mol. The molecular weight excluding hydrogens is 244 g/mol. The van der Waals surface area contributed by atoms with Crippen LogP contribution in [0, 0.1) is 0 Å². The molecule has 1 aliphatic rings. The van der Waals surface area contributed by atoms with E-state index in [-0.39, 0.29) is 17.6 Å². The number of hydrogen-bond acceptors (Lipinski definition) is 5. The first-order valence-corrected chi connectivity index (χ1v) is 6.65. The molecule has 0 saturated carbocycles. The average molecular weight is 256 g/mol. The smallest absolute Gasteiger partial charge is 0.260 e. The topological polar surface area (TPSA) is 95.5 Å². The van der Waals surface area contributed by atoms with Gasteiger partial charge in [0.25, 0.3) is 10.0 Å². The van der Waals surface area contributed by atoms with Crippen molar-refractivity contribution in [2.45, 2.75) is 23.9 Å². The van der Waals surface area contributed by atoms with E-state index in [1.807, 2.05) is 0 Å². The summed E-state index contributed by atoms with van der Waals surface area (Å²) in [5.74, 6) is 0. The van der Waals surface area contributed by atoms with Gasteiger partial charge in [0.1, 0.15) is 0 Å². The van der Waals surface area contributed by atoms with Gasteiger partial charge in [0.15, 0.2) is 5.03 Å². The van der Waals surface area contributed by atoms with Crippen LogP contribution in [-0.4, -0.2) is 48.1 Å². The number of piperidine rings is 1. The van der Waals surface area contributed by atoms with Gasteiger partial charge in [-0.05, 0) is 18.9 Å². The van der Waals surface area contributed by atoms with Crippen LogP contribution in [0.3, 0.4) is 0 Å². The van der Waals surface area contributed by atoms with Gasteiger partial charge >= 0.3 is 0 Å². The van der Waals surface area contributed by atoms with E-state index in [0.29, 0.717) is 19.4 Å². The Morgan fingerprint density at radius 2 is 2.41 bits per heavy atom. The molecule has 17 heavy (non-hydrogen) atoms. The molecule has 1 aromatic heterocycles. The van der Waals surface area contributed by atoms with E-state index in [0.717, 1.165) is 0 Å². The van der Waals surface area contributed by atoms with Crippen molar-refractivity contribution in [3.05, 3.63) is 12.3 Å². The largest absolute Gasteiger partial charge is 0.266 e. The Morgan fingerprint density at radius 1 is 1.59 bits per heavy atom. The maximum absolute atomic E-state index is 12.1. The lowest BCUT2D eigenvalue weighted by Gasteiger charge is -2.28. The molecule has 7 nitrogen and oxygen atoms in total. The summed E-state index contributed by atoms with van der Waals surface area (Å²) in [6, 6.07) is 1.11. The molecule has 2 heterocycles. The fourth-order valence-electron chi connectivity index (χ4n) is 1.84. The van der Waals surface area contributed by atoms with Crippen LogP contribution in [-0.2, 0) is 14.8 Å². The molecule has 8 heteroatoms. The maximum atomic E-state index is 12.1. The van der Waals surface area contributed by atoms with Gasteiger partial charge in [-0.25, -0.2) is 18.2 Å². The Kier molecular flexibility index (Phi) is 3.37. The molecule has 0 aromatic carbocycles. The van der Waals surface area contributed by atoms with Crippen LogP contribution >= 0.6 is 0 Å². The van der Waals surface area contributed by atoms with Crippen molar-refractivity contribution >= 4 is 16.1 Å². The van der Waals surface area contributed by atoms with Gasteiger partial charge < -0.3 is 0 Å². The van der Waals surface area contributed by atoms with Gasteiger partial charge in [0, 0.05) is 13.1 Å². The van der Waals surface area contributed by atoms with Gasteiger partial charge in [-0.1, -0.05) is 0 Å². The summed E-state index contributed by atoms with van der Waals surface area (Å²) in [6.07, 6.45) is 4.26. The summed E-state index contributed by atoms with van der Waals surface area (Å²) in [7, 11) is -3.54. The molecule has 1 atom stereocenters. The molecule has 92 valence electrons. The van der Waals surface area contributed by atoms with Gasteiger partial charge in [-0.2, -0.15) is 9.40 Å². The lowest BCUT2D eigenvalue weighted by molar-refractivity contribution is 0.315. The fraction of sp³-hybridized carbons (Fsp3) is 0.556. The van der Waals surface area contributed by atoms with E-state index in [4.69, 9.17) is 0 Å². The first-order valence-electron chi connectivity index (χ1n) is 5.21. The zero-order valence-electron chi connectivity index (χ0n) is 9.04.